The first-order valence-electron chi connectivity index (χ1n) is 11.4. The molecule has 4 rings (SSSR count). The number of nitrogens with zero attached hydrogens (tertiary/aromatic N) is 4. The van der Waals surface area contributed by atoms with Crippen LogP contribution in [0.2, 0.25) is 0 Å². The van der Waals surface area contributed by atoms with Crippen LogP contribution in [0, 0.1) is 0 Å². The predicted octanol–water partition coefficient (Wildman–Crippen LogP) is 3.25. The molecule has 0 saturated carbocycles. The van der Waals surface area contributed by atoms with Crippen LogP contribution in [-0.4, -0.2) is 70.0 Å². The lowest BCUT2D eigenvalue weighted by atomic mass is 9.95. The molecule has 0 amide bonds. The number of benzene rings is 1. The number of aromatic amines is 1. The Kier molecular flexibility index (Phi) is 6.24. The third kappa shape index (κ3) is 4.25. The zero-order chi connectivity index (χ0) is 23.9. The van der Waals surface area contributed by atoms with E-state index >= 15 is 0 Å². The highest BCUT2D eigenvalue weighted by Crippen LogP contribution is 2.38. The van der Waals surface area contributed by atoms with Gasteiger partial charge in [-0.1, -0.05) is 0 Å². The summed E-state index contributed by atoms with van der Waals surface area (Å²) < 4.78 is 13.3. The normalized spacial score (nSPS) is 17.1. The molecule has 1 saturated heterocycles. The summed E-state index contributed by atoms with van der Waals surface area (Å²) in [5, 5.41) is 7.69. The molecule has 3 aromatic rings. The third-order valence-corrected chi connectivity index (χ3v) is 6.76. The largest absolute Gasteiger partial charge is 0.496 e. The number of methoxy groups -OCH3 is 2. The number of nitrogens with one attached hydrogen (secondary N) is 1. The molecule has 1 N–H and O–H groups in total. The van der Waals surface area contributed by atoms with Crippen molar-refractivity contribution in [1.82, 2.24) is 24.6 Å². The molecular weight excluding hydrogens is 418 g/mol. The van der Waals surface area contributed by atoms with Gasteiger partial charge in [0.05, 0.1) is 26.0 Å². The fourth-order valence-electron chi connectivity index (χ4n) is 5.26. The maximum atomic E-state index is 12.4. The number of pyridine rings is 1. The van der Waals surface area contributed by atoms with E-state index in [1.807, 2.05) is 18.3 Å². The van der Waals surface area contributed by atoms with Crippen molar-refractivity contribution in [1.29, 1.82) is 0 Å². The van der Waals surface area contributed by atoms with E-state index < -0.39 is 0 Å². The van der Waals surface area contributed by atoms with Gasteiger partial charge in [0.25, 0.3) is 5.56 Å². The molecule has 0 unspecified atom stereocenters. The monoisotopic (exact) mass is 453 g/mol. The Bertz CT molecular complexity index is 1190. The highest BCUT2D eigenvalue weighted by Gasteiger charge is 2.35. The van der Waals surface area contributed by atoms with E-state index in [0.29, 0.717) is 11.6 Å². The summed E-state index contributed by atoms with van der Waals surface area (Å²) in [4.78, 5) is 17.5. The molecule has 8 heteroatoms. The van der Waals surface area contributed by atoms with Crippen LogP contribution in [0.1, 0.15) is 33.3 Å². The Morgan fingerprint density at radius 3 is 2.39 bits per heavy atom. The average molecular weight is 454 g/mol. The Balaban J connectivity index is 1.72. The van der Waals surface area contributed by atoms with Crippen LogP contribution in [-0.2, 0) is 13.6 Å². The summed E-state index contributed by atoms with van der Waals surface area (Å²) in [5.41, 5.74) is 3.32. The lowest BCUT2D eigenvalue weighted by molar-refractivity contribution is -0.00500. The maximum Gasteiger partial charge on any atom is 0.276 e. The predicted molar refractivity (Wildman–Crippen MR) is 131 cm³/mol. The van der Waals surface area contributed by atoms with Crippen molar-refractivity contribution in [2.75, 3.05) is 33.9 Å². The summed E-state index contributed by atoms with van der Waals surface area (Å²) in [7, 11) is 5.13. The average Bonchev–Trinajstić information content (AvgIpc) is 3.25. The SMILES string of the molecule is COc1cc(-c2cn(C)c(=O)c3[nH]ncc23)cc(OC)c1CN1CCN(C(C)C)C(C)(C)C1. The van der Waals surface area contributed by atoms with E-state index in [4.69, 9.17) is 9.47 Å². The summed E-state index contributed by atoms with van der Waals surface area (Å²) in [6, 6.07) is 4.58. The lowest BCUT2D eigenvalue weighted by Crippen LogP contribution is -2.60. The van der Waals surface area contributed by atoms with Gasteiger partial charge in [0, 0.05) is 62.0 Å². The van der Waals surface area contributed by atoms with E-state index in [-0.39, 0.29) is 11.1 Å². The van der Waals surface area contributed by atoms with Crippen LogP contribution < -0.4 is 15.0 Å². The fourth-order valence-corrected chi connectivity index (χ4v) is 5.26. The van der Waals surface area contributed by atoms with Gasteiger partial charge in [-0.3, -0.25) is 19.7 Å². The molecule has 8 nitrogen and oxygen atoms in total. The number of hydrogen-bond donors (Lipinski definition) is 1. The van der Waals surface area contributed by atoms with E-state index in [1.54, 1.807) is 32.0 Å². The van der Waals surface area contributed by atoms with Crippen molar-refractivity contribution < 1.29 is 9.47 Å². The van der Waals surface area contributed by atoms with Gasteiger partial charge in [0.2, 0.25) is 0 Å². The molecule has 1 aromatic carbocycles. The number of piperazine rings is 1. The first-order chi connectivity index (χ1) is 15.7. The maximum absolute atomic E-state index is 12.4. The minimum atomic E-state index is -0.107. The first kappa shape index (κ1) is 23.3. The Morgan fingerprint density at radius 2 is 1.82 bits per heavy atom. The van der Waals surface area contributed by atoms with Gasteiger partial charge in [-0.15, -0.1) is 0 Å². The topological polar surface area (TPSA) is 75.6 Å². The van der Waals surface area contributed by atoms with Gasteiger partial charge in [0.15, 0.2) is 0 Å². The quantitative estimate of drug-likeness (QED) is 0.618. The molecule has 0 radical (unpaired) electrons. The zero-order valence-electron chi connectivity index (χ0n) is 20.7. The van der Waals surface area contributed by atoms with Gasteiger partial charge in [-0.2, -0.15) is 5.10 Å². The molecule has 2 aromatic heterocycles. The molecule has 0 atom stereocenters. The van der Waals surface area contributed by atoms with Crippen molar-refractivity contribution in [3.8, 4) is 22.6 Å². The summed E-state index contributed by atoms with van der Waals surface area (Å²) >= 11 is 0. The van der Waals surface area contributed by atoms with E-state index in [9.17, 15) is 4.79 Å². The lowest BCUT2D eigenvalue weighted by Gasteiger charge is -2.49. The van der Waals surface area contributed by atoms with Gasteiger partial charge < -0.3 is 14.0 Å². The Hall–Kier alpha value is -2.84. The molecule has 0 spiro atoms. The molecule has 0 bridgehead atoms. The van der Waals surface area contributed by atoms with Crippen LogP contribution in [0.3, 0.4) is 0 Å². The first-order valence-corrected chi connectivity index (χ1v) is 11.4. The van der Waals surface area contributed by atoms with E-state index in [1.165, 1.54) is 0 Å². The second kappa shape index (κ2) is 8.83. The molecule has 33 heavy (non-hydrogen) atoms. The molecular formula is C25H35N5O3. The van der Waals surface area contributed by atoms with Crippen LogP contribution >= 0.6 is 0 Å². The summed E-state index contributed by atoms with van der Waals surface area (Å²) in [6.07, 6.45) is 3.52. The Morgan fingerprint density at radius 1 is 1.15 bits per heavy atom. The van der Waals surface area contributed by atoms with Crippen LogP contribution in [0.15, 0.2) is 29.3 Å². The third-order valence-electron chi connectivity index (χ3n) is 6.76. The van der Waals surface area contributed by atoms with Crippen molar-refractivity contribution in [3.05, 3.63) is 40.4 Å². The van der Waals surface area contributed by atoms with Crippen molar-refractivity contribution in [3.63, 3.8) is 0 Å². The number of rotatable bonds is 6. The fraction of sp³-hybridized carbons (Fsp3) is 0.520. The van der Waals surface area contributed by atoms with Crippen molar-refractivity contribution in [2.24, 2.45) is 7.05 Å². The smallest absolute Gasteiger partial charge is 0.276 e. The number of ether oxygens (including phenoxy) is 2. The van der Waals surface area contributed by atoms with Gasteiger partial charge in [-0.25, -0.2) is 0 Å². The molecule has 3 heterocycles. The van der Waals surface area contributed by atoms with Gasteiger partial charge >= 0.3 is 0 Å². The molecule has 1 aliphatic rings. The van der Waals surface area contributed by atoms with E-state index in [0.717, 1.165) is 59.8 Å². The number of aryl methyl sites for hydroxylation is 1. The highest BCUT2D eigenvalue weighted by atomic mass is 16.5. The number of hydrogen-bond acceptors (Lipinski definition) is 6. The number of fused-ring (bicyclic) bond motifs is 1. The van der Waals surface area contributed by atoms with Crippen LogP contribution in [0.4, 0.5) is 0 Å². The van der Waals surface area contributed by atoms with Crippen LogP contribution in [0.5, 0.6) is 11.5 Å². The Labute approximate surface area is 195 Å². The minimum absolute atomic E-state index is 0.0918. The van der Waals surface area contributed by atoms with Gasteiger partial charge in [-0.05, 0) is 45.4 Å². The molecule has 178 valence electrons. The molecule has 1 fully saturated rings. The zero-order valence-corrected chi connectivity index (χ0v) is 20.7. The molecule has 1 aliphatic heterocycles. The second-order valence-electron chi connectivity index (χ2n) is 9.79. The summed E-state index contributed by atoms with van der Waals surface area (Å²) in [6.45, 7) is 12.9. The van der Waals surface area contributed by atoms with E-state index in [2.05, 4.69) is 47.7 Å². The standard InChI is InChI=1S/C25H35N5O3/c1-16(2)30-9-8-29(15-25(30,3)4)14-20-21(32-6)10-17(11-22(20)33-7)19-13-28(5)24(31)23-18(19)12-26-27-23/h10-13,16H,8-9,14-15H2,1-7H3,(H,26,27). The van der Waals surface area contributed by atoms with Crippen molar-refractivity contribution in [2.45, 2.75) is 45.8 Å². The number of aromatic nitrogens is 3. The van der Waals surface area contributed by atoms with Crippen molar-refractivity contribution >= 4 is 10.9 Å². The number of H-pyrrole nitrogens is 1. The second-order valence-corrected chi connectivity index (χ2v) is 9.79. The molecule has 0 aliphatic carbocycles. The minimum Gasteiger partial charge on any atom is -0.496 e. The van der Waals surface area contributed by atoms with Gasteiger partial charge in [0.1, 0.15) is 17.0 Å². The summed E-state index contributed by atoms with van der Waals surface area (Å²) in [5.74, 6) is 1.55. The van der Waals surface area contributed by atoms with Crippen LogP contribution in [0.25, 0.3) is 22.0 Å². The highest BCUT2D eigenvalue weighted by molar-refractivity contribution is 5.94.